The first kappa shape index (κ1) is 16.9. The molecule has 4 nitrogen and oxygen atoms in total. The van der Waals surface area contributed by atoms with Gasteiger partial charge in [0.15, 0.2) is 0 Å². The number of aliphatic carboxylic acids is 1. The summed E-state index contributed by atoms with van der Waals surface area (Å²) >= 11 is 0. The molecule has 2 atom stereocenters. The van der Waals surface area contributed by atoms with E-state index < -0.39 is 11.6 Å². The number of H-pyrrole nitrogens is 1. The molecular weight excluding hydrogens is 326 g/mol. The Balaban J connectivity index is 1.85. The van der Waals surface area contributed by atoms with Gasteiger partial charge in [-0.1, -0.05) is 55.5 Å². The molecule has 4 heteroatoms. The van der Waals surface area contributed by atoms with E-state index in [2.05, 4.69) is 41.4 Å². The van der Waals surface area contributed by atoms with Crippen LogP contribution in [-0.4, -0.2) is 22.7 Å². The minimum Gasteiger partial charge on any atom is -0.481 e. The van der Waals surface area contributed by atoms with Gasteiger partial charge in [0.25, 0.3) is 0 Å². The highest BCUT2D eigenvalue weighted by atomic mass is 16.5. The molecule has 0 amide bonds. The van der Waals surface area contributed by atoms with E-state index >= 15 is 0 Å². The van der Waals surface area contributed by atoms with Crippen LogP contribution in [0.5, 0.6) is 0 Å². The molecule has 2 heterocycles. The number of hydrogen-bond donors (Lipinski definition) is 2. The summed E-state index contributed by atoms with van der Waals surface area (Å²) in [6.07, 6.45) is 1.47. The lowest BCUT2D eigenvalue weighted by Crippen LogP contribution is -2.39. The maximum Gasteiger partial charge on any atom is 0.306 e. The van der Waals surface area contributed by atoms with Gasteiger partial charge in [-0.15, -0.1) is 0 Å². The van der Waals surface area contributed by atoms with Crippen LogP contribution in [0.1, 0.15) is 42.5 Å². The molecule has 3 aromatic rings. The fourth-order valence-electron chi connectivity index (χ4n) is 4.21. The second kappa shape index (κ2) is 6.61. The van der Waals surface area contributed by atoms with Gasteiger partial charge in [-0.2, -0.15) is 0 Å². The van der Waals surface area contributed by atoms with Crippen LogP contribution in [0, 0.1) is 0 Å². The van der Waals surface area contributed by atoms with Gasteiger partial charge in [-0.25, -0.2) is 0 Å². The molecule has 2 N–H and O–H groups in total. The van der Waals surface area contributed by atoms with Crippen molar-refractivity contribution in [3.05, 3.63) is 71.4 Å². The number of fused-ring (bicyclic) bond motifs is 3. The van der Waals surface area contributed by atoms with Crippen LogP contribution in [0.25, 0.3) is 10.9 Å². The van der Waals surface area contributed by atoms with E-state index in [-0.39, 0.29) is 12.3 Å². The molecule has 0 fully saturated rings. The zero-order valence-electron chi connectivity index (χ0n) is 14.9. The third-order valence-corrected chi connectivity index (χ3v) is 5.50. The SMILES string of the molecule is CC[C@]1(CC(=O)O)OC[C@@H](Cc2ccccc2)c2c1[nH]c1ccccc21. The zero-order chi connectivity index (χ0) is 18.1. The first-order chi connectivity index (χ1) is 12.6. The third-order valence-electron chi connectivity index (χ3n) is 5.50. The molecule has 1 aromatic heterocycles. The second-order valence-corrected chi connectivity index (χ2v) is 7.08. The molecule has 0 bridgehead atoms. The van der Waals surface area contributed by atoms with Crippen LogP contribution in [0.3, 0.4) is 0 Å². The highest BCUT2D eigenvalue weighted by Gasteiger charge is 2.43. The lowest BCUT2D eigenvalue weighted by Gasteiger charge is -2.39. The van der Waals surface area contributed by atoms with Crippen LogP contribution in [-0.2, 0) is 21.6 Å². The number of aromatic nitrogens is 1. The summed E-state index contributed by atoms with van der Waals surface area (Å²) in [6.45, 7) is 2.53. The van der Waals surface area contributed by atoms with Crippen molar-refractivity contribution in [2.45, 2.75) is 37.7 Å². The highest BCUT2D eigenvalue weighted by molar-refractivity contribution is 5.86. The Labute approximate surface area is 152 Å². The van der Waals surface area contributed by atoms with Crippen molar-refractivity contribution in [1.82, 2.24) is 4.98 Å². The number of aromatic amines is 1. The highest BCUT2D eigenvalue weighted by Crippen LogP contribution is 2.46. The van der Waals surface area contributed by atoms with Crippen LogP contribution >= 0.6 is 0 Å². The Hall–Kier alpha value is -2.59. The molecule has 1 aliphatic heterocycles. The van der Waals surface area contributed by atoms with Crippen molar-refractivity contribution in [3.8, 4) is 0 Å². The molecule has 0 saturated carbocycles. The van der Waals surface area contributed by atoms with E-state index in [1.165, 1.54) is 16.5 Å². The van der Waals surface area contributed by atoms with Gasteiger partial charge in [-0.3, -0.25) is 4.79 Å². The quantitative estimate of drug-likeness (QED) is 0.707. The average molecular weight is 349 g/mol. The van der Waals surface area contributed by atoms with Gasteiger partial charge < -0.3 is 14.8 Å². The summed E-state index contributed by atoms with van der Waals surface area (Å²) in [7, 11) is 0. The van der Waals surface area contributed by atoms with E-state index in [9.17, 15) is 9.90 Å². The largest absolute Gasteiger partial charge is 0.481 e. The smallest absolute Gasteiger partial charge is 0.306 e. The Bertz CT molecular complexity index is 931. The molecule has 0 unspecified atom stereocenters. The van der Waals surface area contributed by atoms with Crippen LogP contribution in [0.4, 0.5) is 0 Å². The molecule has 26 heavy (non-hydrogen) atoms. The van der Waals surface area contributed by atoms with Crippen molar-refractivity contribution in [2.75, 3.05) is 6.61 Å². The number of nitrogens with one attached hydrogen (secondary N) is 1. The van der Waals surface area contributed by atoms with Crippen molar-refractivity contribution in [2.24, 2.45) is 0 Å². The van der Waals surface area contributed by atoms with E-state index in [1.54, 1.807) is 0 Å². The number of carboxylic acid groups (broad SMARTS) is 1. The number of ether oxygens (including phenoxy) is 1. The van der Waals surface area contributed by atoms with Crippen LogP contribution in [0.2, 0.25) is 0 Å². The molecule has 0 radical (unpaired) electrons. The second-order valence-electron chi connectivity index (χ2n) is 7.08. The van der Waals surface area contributed by atoms with Crippen LogP contribution in [0.15, 0.2) is 54.6 Å². The number of para-hydroxylation sites is 1. The minimum absolute atomic E-state index is 0.0264. The summed E-state index contributed by atoms with van der Waals surface area (Å²) in [4.78, 5) is 15.0. The zero-order valence-corrected chi connectivity index (χ0v) is 14.9. The summed E-state index contributed by atoms with van der Waals surface area (Å²) in [6, 6.07) is 18.6. The number of rotatable bonds is 5. The summed E-state index contributed by atoms with van der Waals surface area (Å²) in [5.41, 5.74) is 3.69. The molecule has 0 aliphatic carbocycles. The normalized spacial score (nSPS) is 22.3. The number of benzene rings is 2. The molecular formula is C22H23NO3. The predicted octanol–water partition coefficient (Wildman–Crippen LogP) is 4.60. The van der Waals surface area contributed by atoms with Crippen LogP contribution < -0.4 is 0 Å². The summed E-state index contributed by atoms with van der Waals surface area (Å²) < 4.78 is 6.25. The maximum atomic E-state index is 11.5. The minimum atomic E-state index is -0.835. The third kappa shape index (κ3) is 2.80. The molecule has 0 spiro atoms. The van der Waals surface area contributed by atoms with Gasteiger partial charge in [0.05, 0.1) is 18.7 Å². The Kier molecular flexibility index (Phi) is 4.29. The lowest BCUT2D eigenvalue weighted by molar-refractivity contribution is -0.149. The average Bonchev–Trinajstić information content (AvgIpc) is 3.05. The molecule has 4 rings (SSSR count). The maximum absolute atomic E-state index is 11.5. The van der Waals surface area contributed by atoms with E-state index in [1.807, 2.05) is 25.1 Å². The summed E-state index contributed by atoms with van der Waals surface area (Å²) in [5, 5.41) is 10.6. The van der Waals surface area contributed by atoms with Gasteiger partial charge >= 0.3 is 5.97 Å². The molecule has 2 aromatic carbocycles. The monoisotopic (exact) mass is 349 g/mol. The molecule has 1 aliphatic rings. The number of hydrogen-bond acceptors (Lipinski definition) is 2. The van der Waals surface area contributed by atoms with Crippen molar-refractivity contribution < 1.29 is 14.6 Å². The van der Waals surface area contributed by atoms with Crippen molar-refractivity contribution in [3.63, 3.8) is 0 Å². The van der Waals surface area contributed by atoms with Crippen molar-refractivity contribution >= 4 is 16.9 Å². The fraction of sp³-hybridized carbons (Fsp3) is 0.318. The van der Waals surface area contributed by atoms with Gasteiger partial charge in [0.1, 0.15) is 5.60 Å². The molecule has 134 valence electrons. The van der Waals surface area contributed by atoms with Gasteiger partial charge in [-0.05, 0) is 30.0 Å². The predicted molar refractivity (Wildman–Crippen MR) is 101 cm³/mol. The van der Waals surface area contributed by atoms with E-state index in [0.717, 1.165) is 17.6 Å². The van der Waals surface area contributed by atoms with Gasteiger partial charge in [0, 0.05) is 16.8 Å². The Morgan fingerprint density at radius 3 is 2.65 bits per heavy atom. The first-order valence-electron chi connectivity index (χ1n) is 9.14. The number of carbonyl (C=O) groups is 1. The topological polar surface area (TPSA) is 62.3 Å². The van der Waals surface area contributed by atoms with E-state index in [0.29, 0.717) is 13.0 Å². The Morgan fingerprint density at radius 2 is 1.92 bits per heavy atom. The van der Waals surface area contributed by atoms with E-state index in [4.69, 9.17) is 4.74 Å². The first-order valence-corrected chi connectivity index (χ1v) is 9.14. The standard InChI is InChI=1S/C22H23NO3/c1-2-22(13-19(24)25)21-20(17-10-6-7-11-18(17)23-21)16(14-26-22)12-15-8-4-3-5-9-15/h3-11,16,23H,2,12-14H2,1H3,(H,24,25)/t16-,22-/m1/s1. The van der Waals surface area contributed by atoms with Crippen molar-refractivity contribution in [1.29, 1.82) is 0 Å². The summed E-state index contributed by atoms with van der Waals surface area (Å²) in [5.74, 6) is -0.630. The Morgan fingerprint density at radius 1 is 1.19 bits per heavy atom. The fourth-order valence-corrected chi connectivity index (χ4v) is 4.21. The molecule has 0 saturated heterocycles. The van der Waals surface area contributed by atoms with Gasteiger partial charge in [0.2, 0.25) is 0 Å². The lowest BCUT2D eigenvalue weighted by atomic mass is 9.80. The number of carboxylic acids is 1.